The normalized spacial score (nSPS) is 16.7. The number of para-hydroxylation sites is 1. The molecule has 7 heteroatoms. The number of carbonyl (C=O) groups excluding carboxylic acids is 1. The molecule has 1 amide bonds. The van der Waals surface area contributed by atoms with E-state index in [1.165, 1.54) is 11.8 Å². The van der Waals surface area contributed by atoms with Gasteiger partial charge in [-0.2, -0.15) is 0 Å². The van der Waals surface area contributed by atoms with E-state index in [1.807, 2.05) is 30.3 Å². The molecule has 3 rings (SSSR count). The largest absolute Gasteiger partial charge is 0.493 e. The molecule has 6 nitrogen and oxygen atoms in total. The number of rotatable bonds is 5. The van der Waals surface area contributed by atoms with E-state index in [1.54, 1.807) is 39.5 Å². The number of thioether (sulfide) groups is 1. The van der Waals surface area contributed by atoms with Crippen molar-refractivity contribution in [1.29, 1.82) is 0 Å². The average Bonchev–Trinajstić information content (AvgIpc) is 3.00. The van der Waals surface area contributed by atoms with E-state index < -0.39 is 0 Å². The van der Waals surface area contributed by atoms with Gasteiger partial charge in [0.15, 0.2) is 16.7 Å². The van der Waals surface area contributed by atoms with Crippen LogP contribution in [0.2, 0.25) is 0 Å². The van der Waals surface area contributed by atoms with Crippen molar-refractivity contribution in [3.8, 4) is 17.2 Å². The van der Waals surface area contributed by atoms with E-state index in [-0.39, 0.29) is 5.91 Å². The van der Waals surface area contributed by atoms with Gasteiger partial charge in [-0.1, -0.05) is 18.2 Å². The minimum atomic E-state index is -0.196. The molecule has 0 spiro atoms. The molecule has 0 aromatic heterocycles. The molecule has 0 saturated carbocycles. The zero-order chi connectivity index (χ0) is 18.5. The van der Waals surface area contributed by atoms with Crippen LogP contribution in [0.4, 0.5) is 5.69 Å². The molecule has 1 aliphatic heterocycles. The predicted octanol–water partition coefficient (Wildman–Crippen LogP) is 3.60. The SMILES string of the molecule is COc1cc(/C=C2\SC(=Nc3ccccc3)NC2=O)cc(OC)c1OC. The van der Waals surface area contributed by atoms with E-state index >= 15 is 0 Å². The quantitative estimate of drug-likeness (QED) is 0.815. The van der Waals surface area contributed by atoms with Gasteiger partial charge in [-0.05, 0) is 47.7 Å². The molecule has 1 saturated heterocycles. The summed E-state index contributed by atoms with van der Waals surface area (Å²) in [6, 6.07) is 13.0. The zero-order valence-electron chi connectivity index (χ0n) is 14.6. The lowest BCUT2D eigenvalue weighted by Gasteiger charge is -2.12. The van der Waals surface area contributed by atoms with Gasteiger partial charge in [0.2, 0.25) is 5.75 Å². The smallest absolute Gasteiger partial charge is 0.264 e. The molecular weight excluding hydrogens is 352 g/mol. The second-order valence-corrected chi connectivity index (χ2v) is 6.31. The van der Waals surface area contributed by atoms with Gasteiger partial charge in [0.25, 0.3) is 5.91 Å². The molecule has 2 aromatic rings. The number of aliphatic imine (C=N–C) groups is 1. The predicted molar refractivity (Wildman–Crippen MR) is 103 cm³/mol. The van der Waals surface area contributed by atoms with E-state index in [2.05, 4.69) is 10.3 Å². The summed E-state index contributed by atoms with van der Waals surface area (Å²) < 4.78 is 16.0. The highest BCUT2D eigenvalue weighted by Gasteiger charge is 2.24. The summed E-state index contributed by atoms with van der Waals surface area (Å²) in [7, 11) is 4.65. The molecule has 2 aromatic carbocycles. The Bertz CT molecular complexity index is 853. The number of nitrogens with zero attached hydrogens (tertiary/aromatic N) is 1. The van der Waals surface area contributed by atoms with E-state index in [0.717, 1.165) is 11.3 Å². The molecule has 0 atom stereocenters. The van der Waals surface area contributed by atoms with Gasteiger partial charge in [-0.15, -0.1) is 0 Å². The minimum absolute atomic E-state index is 0.196. The average molecular weight is 370 g/mol. The number of nitrogens with one attached hydrogen (secondary N) is 1. The number of amides is 1. The number of amidine groups is 1. The number of ether oxygens (including phenoxy) is 3. The van der Waals surface area contributed by atoms with Gasteiger partial charge >= 0.3 is 0 Å². The van der Waals surface area contributed by atoms with Gasteiger partial charge in [0.05, 0.1) is 31.9 Å². The van der Waals surface area contributed by atoms with Crippen molar-refractivity contribution < 1.29 is 19.0 Å². The maximum absolute atomic E-state index is 12.2. The van der Waals surface area contributed by atoms with Crippen LogP contribution in [0.5, 0.6) is 17.2 Å². The van der Waals surface area contributed by atoms with E-state index in [0.29, 0.717) is 27.3 Å². The van der Waals surface area contributed by atoms with Crippen LogP contribution in [0.1, 0.15) is 5.56 Å². The van der Waals surface area contributed by atoms with Crippen molar-refractivity contribution >= 4 is 34.6 Å². The van der Waals surface area contributed by atoms with Crippen LogP contribution in [0.3, 0.4) is 0 Å². The maximum atomic E-state index is 12.2. The van der Waals surface area contributed by atoms with Crippen molar-refractivity contribution in [3.05, 3.63) is 52.9 Å². The summed E-state index contributed by atoms with van der Waals surface area (Å²) in [4.78, 5) is 17.2. The van der Waals surface area contributed by atoms with Crippen molar-refractivity contribution in [2.45, 2.75) is 0 Å². The number of methoxy groups -OCH3 is 3. The summed E-state index contributed by atoms with van der Waals surface area (Å²) in [6.45, 7) is 0. The van der Waals surface area contributed by atoms with Crippen LogP contribution >= 0.6 is 11.8 Å². The van der Waals surface area contributed by atoms with Crippen molar-refractivity contribution in [3.63, 3.8) is 0 Å². The third-order valence-electron chi connectivity index (χ3n) is 3.62. The fourth-order valence-corrected chi connectivity index (χ4v) is 3.28. The molecule has 26 heavy (non-hydrogen) atoms. The summed E-state index contributed by atoms with van der Waals surface area (Å²) >= 11 is 1.28. The van der Waals surface area contributed by atoms with Gasteiger partial charge in [-0.3, -0.25) is 4.79 Å². The minimum Gasteiger partial charge on any atom is -0.493 e. The van der Waals surface area contributed by atoms with Crippen LogP contribution in [0, 0.1) is 0 Å². The highest BCUT2D eigenvalue weighted by atomic mass is 32.2. The van der Waals surface area contributed by atoms with Crippen molar-refractivity contribution in [2.75, 3.05) is 21.3 Å². The first-order chi connectivity index (χ1) is 12.6. The number of carbonyl (C=O) groups is 1. The van der Waals surface area contributed by atoms with E-state index in [9.17, 15) is 4.79 Å². The Morgan fingerprint density at radius 1 is 1.00 bits per heavy atom. The first-order valence-corrected chi connectivity index (χ1v) is 8.61. The molecule has 0 bridgehead atoms. The summed E-state index contributed by atoms with van der Waals surface area (Å²) in [5, 5.41) is 3.31. The Hall–Kier alpha value is -2.93. The third kappa shape index (κ3) is 3.83. The number of hydrogen-bond acceptors (Lipinski definition) is 6. The van der Waals surface area contributed by atoms with Crippen molar-refractivity contribution in [1.82, 2.24) is 5.32 Å². The second kappa shape index (κ2) is 7.97. The first-order valence-electron chi connectivity index (χ1n) is 7.79. The monoisotopic (exact) mass is 370 g/mol. The van der Waals surface area contributed by atoms with Crippen LogP contribution in [-0.4, -0.2) is 32.4 Å². The standard InChI is InChI=1S/C19H18N2O4S/c1-23-14-9-12(10-15(24-2)17(14)25-3)11-16-18(22)21-19(26-16)20-13-7-5-4-6-8-13/h4-11H,1-3H3,(H,20,21,22)/b16-11-. The Labute approximate surface area is 155 Å². The van der Waals surface area contributed by atoms with Gasteiger partial charge in [0, 0.05) is 0 Å². The topological polar surface area (TPSA) is 69.2 Å². The Kier molecular flexibility index (Phi) is 5.48. The lowest BCUT2D eigenvalue weighted by atomic mass is 10.1. The molecule has 134 valence electrons. The molecule has 1 aliphatic rings. The highest BCUT2D eigenvalue weighted by molar-refractivity contribution is 8.18. The number of benzene rings is 2. The van der Waals surface area contributed by atoms with Gasteiger partial charge in [-0.25, -0.2) is 4.99 Å². The summed E-state index contributed by atoms with van der Waals surface area (Å²) in [5.74, 6) is 1.37. The van der Waals surface area contributed by atoms with Crippen LogP contribution in [-0.2, 0) is 4.79 Å². The highest BCUT2D eigenvalue weighted by Crippen LogP contribution is 2.39. The molecule has 1 N–H and O–H groups in total. The lowest BCUT2D eigenvalue weighted by Crippen LogP contribution is -2.19. The fourth-order valence-electron chi connectivity index (χ4n) is 2.44. The Morgan fingerprint density at radius 3 is 2.23 bits per heavy atom. The van der Waals surface area contributed by atoms with Gasteiger partial charge in [0.1, 0.15) is 0 Å². The molecule has 1 fully saturated rings. The third-order valence-corrected chi connectivity index (χ3v) is 4.53. The Balaban J connectivity index is 1.90. The fraction of sp³-hybridized carbons (Fsp3) is 0.158. The van der Waals surface area contributed by atoms with Crippen LogP contribution in [0.15, 0.2) is 52.4 Å². The van der Waals surface area contributed by atoms with Crippen LogP contribution in [0.25, 0.3) is 6.08 Å². The molecule has 0 unspecified atom stereocenters. The van der Waals surface area contributed by atoms with Crippen LogP contribution < -0.4 is 19.5 Å². The first kappa shape index (κ1) is 17.9. The molecule has 0 aliphatic carbocycles. The molecule has 0 radical (unpaired) electrons. The molecule has 1 heterocycles. The zero-order valence-corrected chi connectivity index (χ0v) is 15.4. The maximum Gasteiger partial charge on any atom is 0.264 e. The molecular formula is C19H18N2O4S. The second-order valence-electron chi connectivity index (χ2n) is 5.28. The van der Waals surface area contributed by atoms with Gasteiger partial charge < -0.3 is 19.5 Å². The van der Waals surface area contributed by atoms with Crippen molar-refractivity contribution in [2.24, 2.45) is 4.99 Å². The summed E-state index contributed by atoms with van der Waals surface area (Å²) in [5.41, 5.74) is 1.54. The summed E-state index contributed by atoms with van der Waals surface area (Å²) in [6.07, 6.45) is 1.76. The van der Waals surface area contributed by atoms with E-state index in [4.69, 9.17) is 14.2 Å². The Morgan fingerprint density at radius 2 is 1.65 bits per heavy atom. The lowest BCUT2D eigenvalue weighted by molar-refractivity contribution is -0.115. The number of hydrogen-bond donors (Lipinski definition) is 1.